The Balaban J connectivity index is 2.15. The van der Waals surface area contributed by atoms with Crippen molar-refractivity contribution in [3.63, 3.8) is 0 Å². The fraction of sp³-hybridized carbons (Fsp3) is 0.200. The van der Waals surface area contributed by atoms with E-state index in [9.17, 15) is 0 Å². The normalized spacial score (nSPS) is 10.4. The van der Waals surface area contributed by atoms with Gasteiger partial charge in [-0.3, -0.25) is 0 Å². The molecule has 0 spiro atoms. The summed E-state index contributed by atoms with van der Waals surface area (Å²) in [5.74, 6) is 1.45. The summed E-state index contributed by atoms with van der Waals surface area (Å²) in [6.07, 6.45) is 1.01. The van der Waals surface area contributed by atoms with Gasteiger partial charge in [0.25, 0.3) is 0 Å². The Labute approximate surface area is 112 Å². The van der Waals surface area contributed by atoms with Gasteiger partial charge in [-0.15, -0.1) is 0 Å². The van der Waals surface area contributed by atoms with E-state index in [0.717, 1.165) is 12.2 Å². The number of halogens is 1. The molecule has 0 saturated carbocycles. The molecule has 2 nitrogen and oxygen atoms in total. The first kappa shape index (κ1) is 12.9. The van der Waals surface area contributed by atoms with Crippen molar-refractivity contribution in [2.45, 2.75) is 20.0 Å². The van der Waals surface area contributed by atoms with Crippen LogP contribution in [0.4, 0.5) is 0 Å². The van der Waals surface area contributed by atoms with Gasteiger partial charge in [-0.1, -0.05) is 36.7 Å². The molecule has 0 bridgehead atoms. The monoisotopic (exact) mass is 262 g/mol. The van der Waals surface area contributed by atoms with Crippen LogP contribution in [-0.2, 0) is 13.0 Å². The molecule has 1 N–H and O–H groups in total. The lowest BCUT2D eigenvalue weighted by Gasteiger charge is -2.08. The predicted molar refractivity (Wildman–Crippen MR) is 73.3 cm³/mol. The lowest BCUT2D eigenvalue weighted by Crippen LogP contribution is -1.88. The van der Waals surface area contributed by atoms with Gasteiger partial charge >= 0.3 is 0 Å². The zero-order valence-corrected chi connectivity index (χ0v) is 10.9. The van der Waals surface area contributed by atoms with Crippen molar-refractivity contribution >= 4 is 11.6 Å². The Kier molecular flexibility index (Phi) is 4.24. The van der Waals surface area contributed by atoms with Crippen molar-refractivity contribution in [1.82, 2.24) is 0 Å². The van der Waals surface area contributed by atoms with Crippen molar-refractivity contribution in [1.29, 1.82) is 0 Å². The number of ether oxygens (including phenoxy) is 1. The highest BCUT2D eigenvalue weighted by Gasteiger charge is 2.03. The minimum absolute atomic E-state index is 0.0652. The fourth-order valence-electron chi connectivity index (χ4n) is 1.65. The lowest BCUT2D eigenvalue weighted by atomic mass is 10.2. The van der Waals surface area contributed by atoms with E-state index in [1.807, 2.05) is 24.3 Å². The second-order valence-corrected chi connectivity index (χ2v) is 4.42. The molecular weight excluding hydrogens is 248 g/mol. The molecule has 0 aliphatic heterocycles. The largest absolute Gasteiger partial charge is 0.457 e. The number of aliphatic hydroxyl groups excluding tert-OH is 1. The molecule has 18 heavy (non-hydrogen) atoms. The van der Waals surface area contributed by atoms with Crippen molar-refractivity contribution in [2.75, 3.05) is 0 Å². The van der Waals surface area contributed by atoms with E-state index in [-0.39, 0.29) is 6.61 Å². The molecule has 2 rings (SSSR count). The maximum atomic E-state index is 9.03. The van der Waals surface area contributed by atoms with Crippen LogP contribution in [0.1, 0.15) is 18.1 Å². The highest BCUT2D eigenvalue weighted by molar-refractivity contribution is 6.31. The summed E-state index contributed by atoms with van der Waals surface area (Å²) in [6, 6.07) is 13.2. The lowest BCUT2D eigenvalue weighted by molar-refractivity contribution is 0.282. The Morgan fingerprint density at radius 2 is 1.72 bits per heavy atom. The van der Waals surface area contributed by atoms with Gasteiger partial charge in [-0.25, -0.2) is 0 Å². The third-order valence-electron chi connectivity index (χ3n) is 2.76. The minimum Gasteiger partial charge on any atom is -0.457 e. The van der Waals surface area contributed by atoms with Gasteiger partial charge in [0.05, 0.1) is 6.61 Å². The van der Waals surface area contributed by atoms with Crippen molar-refractivity contribution in [3.8, 4) is 11.5 Å². The Hall–Kier alpha value is -1.51. The highest BCUT2D eigenvalue weighted by atomic mass is 35.5. The average Bonchev–Trinajstić information content (AvgIpc) is 2.40. The SMILES string of the molecule is CCc1ccc(Oc2ccc(CO)c(Cl)c2)cc1. The number of hydrogen-bond donors (Lipinski definition) is 1. The first-order valence-corrected chi connectivity index (χ1v) is 6.27. The van der Waals surface area contributed by atoms with E-state index in [0.29, 0.717) is 16.3 Å². The summed E-state index contributed by atoms with van der Waals surface area (Å²) in [6.45, 7) is 2.05. The molecule has 2 aromatic carbocycles. The maximum Gasteiger partial charge on any atom is 0.128 e. The molecule has 0 radical (unpaired) electrons. The van der Waals surface area contributed by atoms with Crippen LogP contribution >= 0.6 is 11.6 Å². The van der Waals surface area contributed by atoms with Gasteiger partial charge in [0.15, 0.2) is 0 Å². The van der Waals surface area contributed by atoms with E-state index >= 15 is 0 Å². The van der Waals surface area contributed by atoms with Gasteiger partial charge in [0.1, 0.15) is 11.5 Å². The molecular formula is C15H15ClO2. The van der Waals surface area contributed by atoms with E-state index in [4.69, 9.17) is 21.4 Å². The Bertz CT molecular complexity index is 521. The number of hydrogen-bond acceptors (Lipinski definition) is 2. The van der Waals surface area contributed by atoms with Crippen molar-refractivity contribution < 1.29 is 9.84 Å². The smallest absolute Gasteiger partial charge is 0.128 e. The van der Waals surface area contributed by atoms with Crippen LogP contribution in [0, 0.1) is 0 Å². The summed E-state index contributed by atoms with van der Waals surface area (Å²) in [4.78, 5) is 0. The molecule has 0 saturated heterocycles. The van der Waals surface area contributed by atoms with Gasteiger partial charge in [0, 0.05) is 5.02 Å². The Morgan fingerprint density at radius 3 is 2.28 bits per heavy atom. The van der Waals surface area contributed by atoms with Gasteiger partial charge < -0.3 is 9.84 Å². The molecule has 0 aliphatic carbocycles. The number of benzene rings is 2. The van der Waals surface area contributed by atoms with Crippen molar-refractivity contribution in [2.24, 2.45) is 0 Å². The molecule has 0 atom stereocenters. The standard InChI is InChI=1S/C15H15ClO2/c1-2-11-3-6-13(7-4-11)18-14-8-5-12(10-17)15(16)9-14/h3-9,17H,2,10H2,1H3. The van der Waals surface area contributed by atoms with Crippen LogP contribution in [0.2, 0.25) is 5.02 Å². The summed E-state index contributed by atoms with van der Waals surface area (Å²) < 4.78 is 5.69. The molecule has 94 valence electrons. The van der Waals surface area contributed by atoms with E-state index in [1.54, 1.807) is 18.2 Å². The zero-order chi connectivity index (χ0) is 13.0. The van der Waals surface area contributed by atoms with E-state index < -0.39 is 0 Å². The predicted octanol–water partition coefficient (Wildman–Crippen LogP) is 4.19. The third kappa shape index (κ3) is 3.03. The second-order valence-electron chi connectivity index (χ2n) is 4.01. The molecule has 0 heterocycles. The van der Waals surface area contributed by atoms with E-state index in [1.165, 1.54) is 5.56 Å². The van der Waals surface area contributed by atoms with Crippen LogP contribution in [0.3, 0.4) is 0 Å². The number of aliphatic hydroxyl groups is 1. The van der Waals surface area contributed by atoms with Crippen LogP contribution in [0.15, 0.2) is 42.5 Å². The van der Waals surface area contributed by atoms with Gasteiger partial charge in [0.2, 0.25) is 0 Å². The molecule has 3 heteroatoms. The number of rotatable bonds is 4. The van der Waals surface area contributed by atoms with Crippen LogP contribution < -0.4 is 4.74 Å². The van der Waals surface area contributed by atoms with Gasteiger partial charge in [-0.05, 0) is 41.8 Å². The molecule has 0 amide bonds. The summed E-state index contributed by atoms with van der Waals surface area (Å²) in [5.41, 5.74) is 1.97. The Morgan fingerprint density at radius 1 is 1.06 bits per heavy atom. The average molecular weight is 263 g/mol. The highest BCUT2D eigenvalue weighted by Crippen LogP contribution is 2.27. The first-order chi connectivity index (χ1) is 8.72. The first-order valence-electron chi connectivity index (χ1n) is 5.89. The summed E-state index contributed by atoms with van der Waals surface area (Å²) in [7, 11) is 0. The zero-order valence-electron chi connectivity index (χ0n) is 10.2. The van der Waals surface area contributed by atoms with Crippen LogP contribution in [0.5, 0.6) is 11.5 Å². The summed E-state index contributed by atoms with van der Waals surface area (Å²) >= 11 is 6.00. The van der Waals surface area contributed by atoms with Gasteiger partial charge in [-0.2, -0.15) is 0 Å². The molecule has 0 unspecified atom stereocenters. The topological polar surface area (TPSA) is 29.5 Å². The molecule has 0 fully saturated rings. The van der Waals surface area contributed by atoms with Crippen molar-refractivity contribution in [3.05, 3.63) is 58.6 Å². The number of aryl methyl sites for hydroxylation is 1. The molecule has 0 aliphatic rings. The second kappa shape index (κ2) is 5.89. The quantitative estimate of drug-likeness (QED) is 0.895. The maximum absolute atomic E-state index is 9.03. The van der Waals surface area contributed by atoms with E-state index in [2.05, 4.69) is 6.92 Å². The molecule has 2 aromatic rings. The van der Waals surface area contributed by atoms with Crippen LogP contribution in [-0.4, -0.2) is 5.11 Å². The third-order valence-corrected chi connectivity index (χ3v) is 3.11. The van der Waals surface area contributed by atoms with Crippen LogP contribution in [0.25, 0.3) is 0 Å². The molecule has 0 aromatic heterocycles. The summed E-state index contributed by atoms with van der Waals surface area (Å²) in [5, 5.41) is 9.55. The fourth-order valence-corrected chi connectivity index (χ4v) is 1.88. The minimum atomic E-state index is -0.0652.